The molecular weight excluding hydrogens is 286 g/mol. The van der Waals surface area contributed by atoms with E-state index < -0.39 is 6.04 Å². The largest absolute Gasteiger partial charge is 0.506 e. The molecule has 0 aliphatic carbocycles. The smallest absolute Gasteiger partial charge is 0.307 e. The summed E-state index contributed by atoms with van der Waals surface area (Å²) >= 11 is 3.24. The summed E-state index contributed by atoms with van der Waals surface area (Å²) in [5.41, 5.74) is 7.39. The fourth-order valence-electron chi connectivity index (χ4n) is 1.55. The van der Waals surface area contributed by atoms with Crippen LogP contribution in [0.2, 0.25) is 0 Å². The Morgan fingerprint density at radius 1 is 1.59 bits per heavy atom. The van der Waals surface area contributed by atoms with E-state index in [2.05, 4.69) is 15.9 Å². The van der Waals surface area contributed by atoms with Crippen LogP contribution in [0.3, 0.4) is 0 Å². The van der Waals surface area contributed by atoms with Gasteiger partial charge in [-0.1, -0.05) is 6.07 Å². The summed E-state index contributed by atoms with van der Waals surface area (Å²) in [6, 6.07) is 2.99. The maximum Gasteiger partial charge on any atom is 0.307 e. The van der Waals surface area contributed by atoms with Crippen LogP contribution in [0.4, 0.5) is 0 Å². The second-order valence-electron chi connectivity index (χ2n) is 3.80. The number of carbonyl (C=O) groups excluding carboxylic acids is 1. The number of nitrogens with two attached hydrogens (primary N) is 1. The number of aryl methyl sites for hydroxylation is 1. The molecule has 5 heteroatoms. The first-order chi connectivity index (χ1) is 7.95. The minimum absolute atomic E-state index is 0.0529. The molecule has 1 atom stereocenters. The summed E-state index contributed by atoms with van der Waals surface area (Å²) < 4.78 is 5.40. The number of hydrogen-bond donors (Lipinski definition) is 2. The number of benzene rings is 1. The van der Waals surface area contributed by atoms with Gasteiger partial charge in [0, 0.05) is 11.6 Å². The number of carbonyl (C=O) groups is 1. The number of rotatable bonds is 4. The normalized spacial score (nSPS) is 12.2. The summed E-state index contributed by atoms with van der Waals surface area (Å²) in [6.45, 7) is 3.96. The van der Waals surface area contributed by atoms with Crippen molar-refractivity contribution in [2.75, 3.05) is 6.61 Å². The molecular formula is C12H16BrNO3. The molecule has 0 spiro atoms. The number of aromatic hydroxyl groups is 1. The molecule has 3 N–H and O–H groups in total. The SMILES string of the molecule is CCOC(=O)C[C@H](N)c1cc(C)cc(Br)c1O. The van der Waals surface area contributed by atoms with E-state index in [1.807, 2.05) is 6.92 Å². The maximum atomic E-state index is 11.3. The Morgan fingerprint density at radius 2 is 2.24 bits per heavy atom. The van der Waals surface area contributed by atoms with Gasteiger partial charge >= 0.3 is 5.97 Å². The van der Waals surface area contributed by atoms with Crippen molar-refractivity contribution in [2.45, 2.75) is 26.3 Å². The molecule has 4 nitrogen and oxygen atoms in total. The molecule has 0 aromatic heterocycles. The van der Waals surface area contributed by atoms with Crippen LogP contribution in [0.25, 0.3) is 0 Å². The molecule has 17 heavy (non-hydrogen) atoms. The third-order valence-corrected chi connectivity index (χ3v) is 2.93. The number of ether oxygens (including phenoxy) is 1. The van der Waals surface area contributed by atoms with Crippen molar-refractivity contribution in [3.8, 4) is 5.75 Å². The van der Waals surface area contributed by atoms with Crippen LogP contribution in [-0.4, -0.2) is 17.7 Å². The molecule has 94 valence electrons. The van der Waals surface area contributed by atoms with Crippen molar-refractivity contribution in [1.82, 2.24) is 0 Å². The first kappa shape index (κ1) is 14.0. The van der Waals surface area contributed by atoms with Gasteiger partial charge in [-0.05, 0) is 41.4 Å². The van der Waals surface area contributed by atoms with Crippen molar-refractivity contribution >= 4 is 21.9 Å². The predicted molar refractivity (Wildman–Crippen MR) is 68.7 cm³/mol. The van der Waals surface area contributed by atoms with Gasteiger partial charge in [0.05, 0.1) is 17.5 Å². The van der Waals surface area contributed by atoms with Gasteiger partial charge in [-0.3, -0.25) is 4.79 Å². The standard InChI is InChI=1S/C12H16BrNO3/c1-3-17-11(15)6-10(14)8-4-7(2)5-9(13)12(8)16/h4-5,10,16H,3,6,14H2,1-2H3/t10-/m0/s1. The lowest BCUT2D eigenvalue weighted by Gasteiger charge is -2.14. The van der Waals surface area contributed by atoms with Crippen molar-refractivity contribution in [1.29, 1.82) is 0 Å². The molecule has 1 aromatic rings. The fourth-order valence-corrected chi connectivity index (χ4v) is 2.14. The molecule has 0 unspecified atom stereocenters. The molecule has 0 saturated carbocycles. The molecule has 0 saturated heterocycles. The van der Waals surface area contributed by atoms with Gasteiger partial charge in [-0.25, -0.2) is 0 Å². The number of phenols is 1. The zero-order valence-electron chi connectivity index (χ0n) is 9.87. The Kier molecular flexibility index (Phi) is 4.96. The Bertz CT molecular complexity index is 420. The van der Waals surface area contributed by atoms with Gasteiger partial charge in [-0.15, -0.1) is 0 Å². The fraction of sp³-hybridized carbons (Fsp3) is 0.417. The van der Waals surface area contributed by atoms with E-state index >= 15 is 0 Å². The highest BCUT2D eigenvalue weighted by Gasteiger charge is 2.17. The molecule has 0 amide bonds. The Hall–Kier alpha value is -1.07. The van der Waals surface area contributed by atoms with Gasteiger partial charge in [0.15, 0.2) is 0 Å². The van der Waals surface area contributed by atoms with E-state index in [1.54, 1.807) is 19.1 Å². The summed E-state index contributed by atoms with van der Waals surface area (Å²) in [5.74, 6) is -0.288. The zero-order valence-corrected chi connectivity index (χ0v) is 11.5. The van der Waals surface area contributed by atoms with Gasteiger partial charge < -0.3 is 15.6 Å². The van der Waals surface area contributed by atoms with E-state index in [1.165, 1.54) is 0 Å². The number of hydrogen-bond acceptors (Lipinski definition) is 4. The summed E-state index contributed by atoms with van der Waals surface area (Å²) in [5, 5.41) is 9.86. The Labute approximate surface area is 109 Å². The lowest BCUT2D eigenvalue weighted by molar-refractivity contribution is -0.143. The number of halogens is 1. The van der Waals surface area contributed by atoms with Gasteiger partial charge in [0.1, 0.15) is 5.75 Å². The summed E-state index contributed by atoms with van der Waals surface area (Å²) in [7, 11) is 0. The highest BCUT2D eigenvalue weighted by atomic mass is 79.9. The second-order valence-corrected chi connectivity index (χ2v) is 4.65. The van der Waals surface area contributed by atoms with Crippen molar-refractivity contribution in [2.24, 2.45) is 5.73 Å². The van der Waals surface area contributed by atoms with Crippen LogP contribution in [0.15, 0.2) is 16.6 Å². The molecule has 0 bridgehead atoms. The summed E-state index contributed by atoms with van der Waals surface area (Å²) in [4.78, 5) is 11.3. The highest BCUT2D eigenvalue weighted by molar-refractivity contribution is 9.10. The van der Waals surface area contributed by atoms with Crippen LogP contribution in [0.1, 0.15) is 30.5 Å². The van der Waals surface area contributed by atoms with Crippen molar-refractivity contribution in [3.05, 3.63) is 27.7 Å². The Balaban J connectivity index is 2.88. The van der Waals surface area contributed by atoms with Crippen LogP contribution in [0.5, 0.6) is 5.75 Å². The van der Waals surface area contributed by atoms with Gasteiger partial charge in [0.2, 0.25) is 0 Å². The van der Waals surface area contributed by atoms with Crippen LogP contribution in [-0.2, 0) is 9.53 Å². The van der Waals surface area contributed by atoms with Crippen LogP contribution >= 0.6 is 15.9 Å². The molecule has 1 rings (SSSR count). The van der Waals surface area contributed by atoms with Gasteiger partial charge in [0.25, 0.3) is 0 Å². The predicted octanol–water partition coefficient (Wildman–Crippen LogP) is 2.42. The lowest BCUT2D eigenvalue weighted by atomic mass is 10.0. The maximum absolute atomic E-state index is 11.3. The third-order valence-electron chi connectivity index (χ3n) is 2.33. The second kappa shape index (κ2) is 6.02. The van der Waals surface area contributed by atoms with E-state index in [0.29, 0.717) is 16.6 Å². The molecule has 0 heterocycles. The molecule has 0 radical (unpaired) electrons. The first-order valence-corrected chi connectivity index (χ1v) is 6.15. The van der Waals surface area contributed by atoms with E-state index in [4.69, 9.17) is 10.5 Å². The topological polar surface area (TPSA) is 72.5 Å². The monoisotopic (exact) mass is 301 g/mol. The summed E-state index contributed by atoms with van der Waals surface area (Å²) in [6.07, 6.45) is 0.0529. The minimum atomic E-state index is -0.565. The highest BCUT2D eigenvalue weighted by Crippen LogP contribution is 2.33. The molecule has 0 fully saturated rings. The van der Waals surface area contributed by atoms with Crippen LogP contribution in [0, 0.1) is 6.92 Å². The average molecular weight is 302 g/mol. The minimum Gasteiger partial charge on any atom is -0.506 e. The quantitative estimate of drug-likeness (QED) is 0.838. The zero-order chi connectivity index (χ0) is 13.0. The average Bonchev–Trinajstić information content (AvgIpc) is 2.23. The number of phenolic OH excluding ortho intramolecular Hbond substituents is 1. The van der Waals surface area contributed by atoms with Crippen molar-refractivity contribution in [3.63, 3.8) is 0 Å². The number of esters is 1. The van der Waals surface area contributed by atoms with Crippen LogP contribution < -0.4 is 5.73 Å². The third kappa shape index (κ3) is 3.71. The Morgan fingerprint density at radius 3 is 2.82 bits per heavy atom. The molecule has 1 aromatic carbocycles. The first-order valence-electron chi connectivity index (χ1n) is 5.36. The molecule has 0 aliphatic heterocycles. The van der Waals surface area contributed by atoms with E-state index in [-0.39, 0.29) is 18.1 Å². The van der Waals surface area contributed by atoms with Gasteiger partial charge in [-0.2, -0.15) is 0 Å². The molecule has 0 aliphatic rings. The van der Waals surface area contributed by atoms with Crippen molar-refractivity contribution < 1.29 is 14.6 Å². The lowest BCUT2D eigenvalue weighted by Crippen LogP contribution is -2.17. The van der Waals surface area contributed by atoms with E-state index in [0.717, 1.165) is 5.56 Å². The van der Waals surface area contributed by atoms with E-state index in [9.17, 15) is 9.90 Å².